The second-order valence-corrected chi connectivity index (χ2v) is 4.71. The van der Waals surface area contributed by atoms with E-state index in [4.69, 9.17) is 9.84 Å². The lowest BCUT2D eigenvalue weighted by molar-refractivity contribution is 0.305. The van der Waals surface area contributed by atoms with E-state index in [1.54, 1.807) is 0 Å². The van der Waals surface area contributed by atoms with Gasteiger partial charge in [-0.2, -0.15) is 0 Å². The Labute approximate surface area is 126 Å². The Balaban J connectivity index is 1.84. The number of ether oxygens (including phenoxy) is 1. The van der Waals surface area contributed by atoms with Crippen molar-refractivity contribution in [2.24, 2.45) is 0 Å². The van der Waals surface area contributed by atoms with Crippen LogP contribution < -0.4 is 4.74 Å². The predicted octanol–water partition coefficient (Wildman–Crippen LogP) is 3.43. The topological polar surface area (TPSA) is 29.5 Å². The van der Waals surface area contributed by atoms with Crippen molar-refractivity contribution in [3.8, 4) is 17.6 Å². The zero-order chi connectivity index (χ0) is 14.8. The largest absolute Gasteiger partial charge is 0.492 e. The first-order chi connectivity index (χ1) is 10.4. The molecule has 2 nitrogen and oxygen atoms in total. The average Bonchev–Trinajstić information content (AvgIpc) is 2.54. The van der Waals surface area contributed by atoms with E-state index < -0.39 is 0 Å². The highest BCUT2D eigenvalue weighted by atomic mass is 16.5. The summed E-state index contributed by atoms with van der Waals surface area (Å²) in [4.78, 5) is 0. The summed E-state index contributed by atoms with van der Waals surface area (Å²) >= 11 is 0. The standard InChI is InChI=1S/C19H20O2/c20-15-7-6-13-18-12-4-5-14-19(18)21-16-8-11-17-9-2-1-3-10-17/h1-5,9-10,12,14,20H,7-8,11,15-16H2. The van der Waals surface area contributed by atoms with Gasteiger partial charge in [-0.25, -0.2) is 0 Å². The summed E-state index contributed by atoms with van der Waals surface area (Å²) in [6.45, 7) is 0.765. The average molecular weight is 280 g/mol. The molecule has 0 saturated heterocycles. The lowest BCUT2D eigenvalue weighted by Crippen LogP contribution is -2.00. The van der Waals surface area contributed by atoms with E-state index in [9.17, 15) is 0 Å². The molecule has 2 heteroatoms. The van der Waals surface area contributed by atoms with Crippen LogP contribution in [0.5, 0.6) is 5.75 Å². The molecule has 0 saturated carbocycles. The highest BCUT2D eigenvalue weighted by molar-refractivity contribution is 5.45. The third-order valence-electron chi connectivity index (χ3n) is 3.06. The molecule has 0 amide bonds. The summed E-state index contributed by atoms with van der Waals surface area (Å²) in [6, 6.07) is 18.2. The quantitative estimate of drug-likeness (QED) is 0.649. The van der Waals surface area contributed by atoms with Crippen LogP contribution in [0.2, 0.25) is 0 Å². The molecular formula is C19H20O2. The van der Waals surface area contributed by atoms with E-state index in [0.29, 0.717) is 13.0 Å². The van der Waals surface area contributed by atoms with Crippen LogP contribution >= 0.6 is 0 Å². The molecule has 0 bridgehead atoms. The van der Waals surface area contributed by atoms with E-state index >= 15 is 0 Å². The number of aliphatic hydroxyl groups excluding tert-OH is 1. The van der Waals surface area contributed by atoms with Crippen molar-refractivity contribution >= 4 is 0 Å². The van der Waals surface area contributed by atoms with Gasteiger partial charge >= 0.3 is 0 Å². The van der Waals surface area contributed by atoms with Gasteiger partial charge in [-0.1, -0.05) is 54.3 Å². The summed E-state index contributed by atoms with van der Waals surface area (Å²) in [5.41, 5.74) is 2.21. The maximum atomic E-state index is 8.76. The van der Waals surface area contributed by atoms with E-state index in [-0.39, 0.29) is 6.61 Å². The normalized spacial score (nSPS) is 9.76. The number of hydrogen-bond donors (Lipinski definition) is 1. The molecule has 0 atom stereocenters. The predicted molar refractivity (Wildman–Crippen MR) is 85.3 cm³/mol. The molecule has 0 unspecified atom stereocenters. The summed E-state index contributed by atoms with van der Waals surface area (Å²) < 4.78 is 5.82. The van der Waals surface area contributed by atoms with Crippen molar-refractivity contribution < 1.29 is 9.84 Å². The van der Waals surface area contributed by atoms with Crippen LogP contribution in [0.15, 0.2) is 54.6 Å². The summed E-state index contributed by atoms with van der Waals surface area (Å²) in [7, 11) is 0. The van der Waals surface area contributed by atoms with Gasteiger partial charge in [0.2, 0.25) is 0 Å². The third kappa shape index (κ3) is 5.33. The smallest absolute Gasteiger partial charge is 0.134 e. The van der Waals surface area contributed by atoms with Gasteiger partial charge in [-0.3, -0.25) is 0 Å². The van der Waals surface area contributed by atoms with Crippen molar-refractivity contribution in [3.63, 3.8) is 0 Å². The molecule has 2 aromatic carbocycles. The Hall–Kier alpha value is -2.24. The first-order valence-corrected chi connectivity index (χ1v) is 7.25. The van der Waals surface area contributed by atoms with Crippen LogP contribution in [0.4, 0.5) is 0 Å². The Kier molecular flexibility index (Phi) is 6.38. The Morgan fingerprint density at radius 2 is 1.71 bits per heavy atom. The van der Waals surface area contributed by atoms with E-state index in [1.165, 1.54) is 5.56 Å². The molecular weight excluding hydrogens is 260 g/mol. The van der Waals surface area contributed by atoms with Crippen LogP contribution in [-0.2, 0) is 6.42 Å². The summed E-state index contributed by atoms with van der Waals surface area (Å²) in [6.07, 6.45) is 2.48. The fourth-order valence-corrected chi connectivity index (χ4v) is 2.01. The fourth-order valence-electron chi connectivity index (χ4n) is 2.01. The molecule has 0 heterocycles. The third-order valence-corrected chi connectivity index (χ3v) is 3.06. The van der Waals surface area contributed by atoms with Crippen LogP contribution in [0, 0.1) is 11.8 Å². The van der Waals surface area contributed by atoms with E-state index in [2.05, 4.69) is 36.1 Å². The van der Waals surface area contributed by atoms with E-state index in [1.807, 2.05) is 30.3 Å². The van der Waals surface area contributed by atoms with Gasteiger partial charge in [0.1, 0.15) is 5.75 Å². The second kappa shape index (κ2) is 8.84. The zero-order valence-electron chi connectivity index (χ0n) is 12.1. The number of aryl methyl sites for hydroxylation is 1. The van der Waals surface area contributed by atoms with Crippen LogP contribution in [0.25, 0.3) is 0 Å². The number of benzene rings is 2. The molecule has 1 N–H and O–H groups in total. The second-order valence-electron chi connectivity index (χ2n) is 4.71. The van der Waals surface area contributed by atoms with Gasteiger partial charge in [-0.05, 0) is 30.5 Å². The fraction of sp³-hybridized carbons (Fsp3) is 0.263. The number of rotatable bonds is 6. The molecule has 2 aromatic rings. The summed E-state index contributed by atoms with van der Waals surface area (Å²) in [5, 5.41) is 8.76. The molecule has 0 radical (unpaired) electrons. The van der Waals surface area contributed by atoms with Gasteiger partial charge < -0.3 is 9.84 Å². The molecule has 0 fully saturated rings. The molecule has 0 aliphatic carbocycles. The summed E-state index contributed by atoms with van der Waals surface area (Å²) in [5.74, 6) is 6.78. The van der Waals surface area contributed by atoms with Crippen LogP contribution in [-0.4, -0.2) is 18.3 Å². The van der Waals surface area contributed by atoms with Crippen molar-refractivity contribution in [1.82, 2.24) is 0 Å². The van der Waals surface area contributed by atoms with Crippen molar-refractivity contribution in [1.29, 1.82) is 0 Å². The molecule has 0 aromatic heterocycles. The first-order valence-electron chi connectivity index (χ1n) is 7.25. The number of aliphatic hydroxyl groups is 1. The van der Waals surface area contributed by atoms with Crippen molar-refractivity contribution in [2.45, 2.75) is 19.3 Å². The number of hydrogen-bond acceptors (Lipinski definition) is 2. The van der Waals surface area contributed by atoms with Crippen molar-refractivity contribution in [2.75, 3.05) is 13.2 Å². The Morgan fingerprint density at radius 1 is 0.952 bits per heavy atom. The lowest BCUT2D eigenvalue weighted by Gasteiger charge is -2.08. The molecule has 0 aliphatic rings. The lowest BCUT2D eigenvalue weighted by atomic mass is 10.1. The SMILES string of the molecule is OCCC#Cc1ccccc1OCCCc1ccccc1. The van der Waals surface area contributed by atoms with E-state index in [0.717, 1.165) is 24.2 Å². The van der Waals surface area contributed by atoms with Gasteiger partial charge in [0, 0.05) is 6.42 Å². The number of para-hydroxylation sites is 1. The molecule has 2 rings (SSSR count). The molecule has 0 spiro atoms. The zero-order valence-corrected chi connectivity index (χ0v) is 12.1. The van der Waals surface area contributed by atoms with Crippen LogP contribution in [0.1, 0.15) is 24.0 Å². The van der Waals surface area contributed by atoms with Gasteiger partial charge in [0.05, 0.1) is 18.8 Å². The highest BCUT2D eigenvalue weighted by Crippen LogP contribution is 2.17. The van der Waals surface area contributed by atoms with Gasteiger partial charge in [-0.15, -0.1) is 0 Å². The first kappa shape index (κ1) is 15.2. The Bertz CT molecular complexity index is 594. The maximum absolute atomic E-state index is 8.76. The highest BCUT2D eigenvalue weighted by Gasteiger charge is 2.00. The van der Waals surface area contributed by atoms with Crippen molar-refractivity contribution in [3.05, 3.63) is 65.7 Å². The van der Waals surface area contributed by atoms with Crippen LogP contribution in [0.3, 0.4) is 0 Å². The Morgan fingerprint density at radius 3 is 2.52 bits per heavy atom. The molecule has 108 valence electrons. The minimum atomic E-state index is 0.0904. The van der Waals surface area contributed by atoms with Gasteiger partial charge in [0.15, 0.2) is 0 Å². The monoisotopic (exact) mass is 280 g/mol. The maximum Gasteiger partial charge on any atom is 0.134 e. The van der Waals surface area contributed by atoms with Gasteiger partial charge in [0.25, 0.3) is 0 Å². The minimum absolute atomic E-state index is 0.0904. The minimum Gasteiger partial charge on any atom is -0.492 e. The molecule has 0 aliphatic heterocycles. The molecule has 21 heavy (non-hydrogen) atoms.